The maximum absolute atomic E-state index is 13.6. The lowest BCUT2D eigenvalue weighted by atomic mass is 10.1. The van der Waals surface area contributed by atoms with Crippen molar-refractivity contribution in [1.82, 2.24) is 9.88 Å². The van der Waals surface area contributed by atoms with Crippen LogP contribution in [0.3, 0.4) is 0 Å². The zero-order valence-electron chi connectivity index (χ0n) is 17.0. The number of aromatic nitrogens is 1. The molecule has 1 saturated heterocycles. The molecule has 150 valence electrons. The van der Waals surface area contributed by atoms with Crippen LogP contribution in [0, 0.1) is 12.7 Å². The van der Waals surface area contributed by atoms with E-state index in [1.54, 1.807) is 24.1 Å². The second kappa shape index (κ2) is 8.19. The van der Waals surface area contributed by atoms with E-state index in [1.165, 1.54) is 37.1 Å². The molecular weight excluding hydrogens is 365 g/mol. The van der Waals surface area contributed by atoms with E-state index in [1.807, 2.05) is 6.92 Å². The van der Waals surface area contributed by atoms with Gasteiger partial charge in [-0.3, -0.25) is 9.78 Å². The standard InChI is InChI=1S/C24H26FN3O/c1-17-14-22(21-11-8-19(25)15-23(21)26-17)24(29)27(2)16-18-6-9-20(10-7-18)28-12-4-3-5-13-28/h6-11,14-15H,3-5,12-13,16H2,1-2H3. The summed E-state index contributed by atoms with van der Waals surface area (Å²) >= 11 is 0. The predicted octanol–water partition coefficient (Wildman–Crippen LogP) is 4.94. The van der Waals surface area contributed by atoms with Crippen LogP contribution in [0.5, 0.6) is 0 Å². The fourth-order valence-corrected chi connectivity index (χ4v) is 4.03. The van der Waals surface area contributed by atoms with Crippen LogP contribution in [0.2, 0.25) is 0 Å². The fourth-order valence-electron chi connectivity index (χ4n) is 4.03. The topological polar surface area (TPSA) is 36.4 Å². The summed E-state index contributed by atoms with van der Waals surface area (Å²) in [5, 5.41) is 0.675. The minimum absolute atomic E-state index is 0.0905. The lowest BCUT2D eigenvalue weighted by molar-refractivity contribution is 0.0787. The number of halogens is 1. The molecule has 0 N–H and O–H groups in total. The number of amides is 1. The van der Waals surface area contributed by atoms with E-state index in [9.17, 15) is 9.18 Å². The summed E-state index contributed by atoms with van der Waals surface area (Å²) in [5.74, 6) is -0.441. The Morgan fingerprint density at radius 2 is 1.79 bits per heavy atom. The molecule has 1 amide bonds. The fraction of sp³-hybridized carbons (Fsp3) is 0.333. The summed E-state index contributed by atoms with van der Waals surface area (Å²) in [4.78, 5) is 21.6. The quantitative estimate of drug-likeness (QED) is 0.632. The van der Waals surface area contributed by atoms with Gasteiger partial charge in [0, 0.05) is 49.5 Å². The zero-order chi connectivity index (χ0) is 20.4. The lowest BCUT2D eigenvalue weighted by Gasteiger charge is -2.29. The normalized spacial score (nSPS) is 14.2. The van der Waals surface area contributed by atoms with Crippen molar-refractivity contribution in [1.29, 1.82) is 0 Å². The molecule has 0 radical (unpaired) electrons. The predicted molar refractivity (Wildman–Crippen MR) is 115 cm³/mol. The Balaban J connectivity index is 1.52. The van der Waals surface area contributed by atoms with Crippen LogP contribution in [-0.2, 0) is 6.54 Å². The van der Waals surface area contributed by atoms with Crippen LogP contribution in [0.25, 0.3) is 10.9 Å². The van der Waals surface area contributed by atoms with E-state index < -0.39 is 0 Å². The summed E-state index contributed by atoms with van der Waals surface area (Å²) in [5.41, 5.74) is 4.10. The van der Waals surface area contributed by atoms with Crippen molar-refractivity contribution in [2.45, 2.75) is 32.7 Å². The molecule has 1 aliphatic heterocycles. The second-order valence-corrected chi connectivity index (χ2v) is 7.85. The number of piperidine rings is 1. The summed E-state index contributed by atoms with van der Waals surface area (Å²) in [6, 6.07) is 14.6. The van der Waals surface area contributed by atoms with Crippen LogP contribution >= 0.6 is 0 Å². The van der Waals surface area contributed by atoms with Gasteiger partial charge in [-0.1, -0.05) is 12.1 Å². The zero-order valence-corrected chi connectivity index (χ0v) is 17.0. The van der Waals surface area contributed by atoms with Gasteiger partial charge in [-0.25, -0.2) is 4.39 Å². The van der Waals surface area contributed by atoms with E-state index in [-0.39, 0.29) is 11.7 Å². The number of carbonyl (C=O) groups is 1. The third-order valence-corrected chi connectivity index (χ3v) is 5.55. The van der Waals surface area contributed by atoms with Gasteiger partial charge in [-0.15, -0.1) is 0 Å². The van der Waals surface area contributed by atoms with Crippen molar-refractivity contribution in [3.63, 3.8) is 0 Å². The number of aryl methyl sites for hydroxylation is 1. The molecule has 2 heterocycles. The first-order chi connectivity index (χ1) is 14.0. The molecule has 1 aliphatic rings. The third kappa shape index (κ3) is 4.24. The molecule has 0 spiro atoms. The number of fused-ring (bicyclic) bond motifs is 1. The van der Waals surface area contributed by atoms with Gasteiger partial charge in [0.15, 0.2) is 0 Å². The van der Waals surface area contributed by atoms with E-state index in [2.05, 4.69) is 34.1 Å². The smallest absolute Gasteiger partial charge is 0.254 e. The summed E-state index contributed by atoms with van der Waals surface area (Å²) in [6.07, 6.45) is 3.82. The minimum Gasteiger partial charge on any atom is -0.372 e. The number of hydrogen-bond donors (Lipinski definition) is 0. The number of hydrogen-bond acceptors (Lipinski definition) is 3. The van der Waals surface area contributed by atoms with Crippen LogP contribution in [0.1, 0.15) is 40.9 Å². The Morgan fingerprint density at radius 3 is 2.52 bits per heavy atom. The maximum Gasteiger partial charge on any atom is 0.254 e. The van der Waals surface area contributed by atoms with E-state index >= 15 is 0 Å². The summed E-state index contributed by atoms with van der Waals surface area (Å²) in [7, 11) is 1.80. The Labute approximate surface area is 171 Å². The highest BCUT2D eigenvalue weighted by molar-refractivity contribution is 6.06. The number of carbonyl (C=O) groups excluding carboxylic acids is 1. The Bertz CT molecular complexity index is 1020. The molecule has 0 saturated carbocycles. The van der Waals surface area contributed by atoms with Crippen LogP contribution in [0.4, 0.5) is 10.1 Å². The summed E-state index contributed by atoms with van der Waals surface area (Å²) in [6.45, 7) is 4.57. The average molecular weight is 391 g/mol. The largest absolute Gasteiger partial charge is 0.372 e. The van der Waals surface area contributed by atoms with Crippen molar-refractivity contribution in [2.24, 2.45) is 0 Å². The molecule has 3 aromatic rings. The SMILES string of the molecule is Cc1cc(C(=O)N(C)Cc2ccc(N3CCCCC3)cc2)c2ccc(F)cc2n1. The van der Waals surface area contributed by atoms with Gasteiger partial charge >= 0.3 is 0 Å². The molecule has 4 rings (SSSR count). The molecule has 29 heavy (non-hydrogen) atoms. The molecule has 0 bridgehead atoms. The van der Waals surface area contributed by atoms with Crippen LogP contribution in [-0.4, -0.2) is 35.9 Å². The van der Waals surface area contributed by atoms with Crippen LogP contribution < -0.4 is 4.90 Å². The van der Waals surface area contributed by atoms with E-state index in [0.717, 1.165) is 18.7 Å². The number of pyridine rings is 1. The van der Waals surface area contributed by atoms with Crippen molar-refractivity contribution in [3.8, 4) is 0 Å². The van der Waals surface area contributed by atoms with E-state index in [0.29, 0.717) is 28.7 Å². The highest BCUT2D eigenvalue weighted by atomic mass is 19.1. The van der Waals surface area contributed by atoms with Crippen molar-refractivity contribution in [2.75, 3.05) is 25.0 Å². The highest BCUT2D eigenvalue weighted by Crippen LogP contribution is 2.23. The van der Waals surface area contributed by atoms with Gasteiger partial charge in [-0.2, -0.15) is 0 Å². The Kier molecular flexibility index (Phi) is 5.47. The van der Waals surface area contributed by atoms with Crippen molar-refractivity contribution in [3.05, 3.63) is 71.2 Å². The molecule has 0 aliphatic carbocycles. The van der Waals surface area contributed by atoms with Crippen molar-refractivity contribution >= 4 is 22.5 Å². The van der Waals surface area contributed by atoms with Gasteiger partial charge in [0.25, 0.3) is 5.91 Å². The lowest BCUT2D eigenvalue weighted by Crippen LogP contribution is -2.29. The third-order valence-electron chi connectivity index (χ3n) is 5.55. The average Bonchev–Trinajstić information content (AvgIpc) is 2.73. The number of benzene rings is 2. The minimum atomic E-state index is -0.351. The van der Waals surface area contributed by atoms with Crippen LogP contribution in [0.15, 0.2) is 48.5 Å². The van der Waals surface area contributed by atoms with E-state index in [4.69, 9.17) is 0 Å². The number of rotatable bonds is 4. The molecule has 0 atom stereocenters. The van der Waals surface area contributed by atoms with Crippen molar-refractivity contribution < 1.29 is 9.18 Å². The molecule has 5 heteroatoms. The maximum atomic E-state index is 13.6. The number of anilines is 1. The first kappa shape index (κ1) is 19.4. The van der Waals surface area contributed by atoms with Gasteiger partial charge in [0.05, 0.1) is 11.1 Å². The molecule has 1 fully saturated rings. The molecular formula is C24H26FN3O. The Morgan fingerprint density at radius 1 is 1.07 bits per heavy atom. The molecule has 1 aromatic heterocycles. The first-order valence-corrected chi connectivity index (χ1v) is 10.2. The van der Waals surface area contributed by atoms with Gasteiger partial charge in [0.1, 0.15) is 5.82 Å². The number of nitrogens with zero attached hydrogens (tertiary/aromatic N) is 3. The molecule has 0 unspecified atom stereocenters. The van der Waals surface area contributed by atoms with Gasteiger partial charge in [-0.05, 0) is 62.1 Å². The summed E-state index contributed by atoms with van der Waals surface area (Å²) < 4.78 is 13.6. The molecule has 2 aromatic carbocycles. The van der Waals surface area contributed by atoms with Gasteiger partial charge in [0.2, 0.25) is 0 Å². The highest BCUT2D eigenvalue weighted by Gasteiger charge is 2.17. The molecule has 4 nitrogen and oxygen atoms in total. The first-order valence-electron chi connectivity index (χ1n) is 10.2. The van der Waals surface area contributed by atoms with Gasteiger partial charge < -0.3 is 9.80 Å². The Hall–Kier alpha value is -2.95. The monoisotopic (exact) mass is 391 g/mol. The second-order valence-electron chi connectivity index (χ2n) is 7.85.